The Kier molecular flexibility index (Phi) is 4.86. The van der Waals surface area contributed by atoms with E-state index >= 15 is 0 Å². The third-order valence-electron chi connectivity index (χ3n) is 4.64. The van der Waals surface area contributed by atoms with Crippen molar-refractivity contribution in [2.75, 3.05) is 13.2 Å². The van der Waals surface area contributed by atoms with Crippen molar-refractivity contribution in [1.82, 2.24) is 9.88 Å². The van der Waals surface area contributed by atoms with E-state index in [4.69, 9.17) is 4.74 Å². The number of fused-ring (bicyclic) bond motifs is 1. The van der Waals surface area contributed by atoms with Crippen LogP contribution < -0.4 is 5.56 Å². The molecule has 0 aliphatic carbocycles. The van der Waals surface area contributed by atoms with Gasteiger partial charge < -0.3 is 14.6 Å². The van der Waals surface area contributed by atoms with E-state index in [1.807, 2.05) is 46.7 Å². The monoisotopic (exact) mass is 368 g/mol. The largest absolute Gasteiger partial charge is 0.376 e. The van der Waals surface area contributed by atoms with Crippen LogP contribution >= 0.6 is 11.3 Å². The van der Waals surface area contributed by atoms with Crippen LogP contribution in [-0.2, 0) is 11.3 Å². The molecule has 1 saturated heterocycles. The molecule has 3 heterocycles. The highest BCUT2D eigenvalue weighted by molar-refractivity contribution is 7.09. The molecule has 0 radical (unpaired) electrons. The van der Waals surface area contributed by atoms with Gasteiger partial charge in [0.25, 0.3) is 5.91 Å². The quantitative estimate of drug-likeness (QED) is 0.751. The molecule has 0 spiro atoms. The molecule has 1 aliphatic rings. The second-order valence-corrected chi connectivity index (χ2v) is 7.53. The van der Waals surface area contributed by atoms with Gasteiger partial charge >= 0.3 is 0 Å². The van der Waals surface area contributed by atoms with Crippen molar-refractivity contribution in [3.05, 3.63) is 68.6 Å². The minimum Gasteiger partial charge on any atom is -0.376 e. The van der Waals surface area contributed by atoms with E-state index in [1.54, 1.807) is 11.3 Å². The lowest BCUT2D eigenvalue weighted by molar-refractivity contribution is 0.0511. The Hall–Kier alpha value is -2.44. The first-order valence-electron chi connectivity index (χ1n) is 8.76. The molecule has 3 aromatic rings. The smallest absolute Gasteiger partial charge is 0.255 e. The Morgan fingerprint density at radius 2 is 2.15 bits per heavy atom. The lowest BCUT2D eigenvalue weighted by Crippen LogP contribution is -2.37. The number of carbonyl (C=O) groups excluding carboxylic acids is 1. The summed E-state index contributed by atoms with van der Waals surface area (Å²) in [5.41, 5.74) is 0.857. The number of amides is 1. The summed E-state index contributed by atoms with van der Waals surface area (Å²) < 4.78 is 5.74. The maximum absolute atomic E-state index is 13.3. The summed E-state index contributed by atoms with van der Waals surface area (Å²) in [7, 11) is 0. The molecule has 6 heteroatoms. The van der Waals surface area contributed by atoms with Gasteiger partial charge in [-0.15, -0.1) is 11.3 Å². The molecule has 1 amide bonds. The maximum Gasteiger partial charge on any atom is 0.255 e. The van der Waals surface area contributed by atoms with Gasteiger partial charge in [0.2, 0.25) is 5.56 Å². The van der Waals surface area contributed by atoms with Crippen LogP contribution in [0.1, 0.15) is 28.1 Å². The number of aromatic nitrogens is 1. The Balaban J connectivity index is 1.70. The molecule has 2 aromatic heterocycles. The first kappa shape index (κ1) is 17.0. The molecule has 1 atom stereocenters. The summed E-state index contributed by atoms with van der Waals surface area (Å²) in [6.45, 7) is 1.81. The van der Waals surface area contributed by atoms with Gasteiger partial charge in [-0.2, -0.15) is 0 Å². The van der Waals surface area contributed by atoms with Crippen molar-refractivity contribution in [2.24, 2.45) is 0 Å². The van der Waals surface area contributed by atoms with Crippen LogP contribution in [0.3, 0.4) is 0 Å². The number of rotatable bonds is 5. The van der Waals surface area contributed by atoms with E-state index in [0.29, 0.717) is 24.2 Å². The fraction of sp³-hybridized carbons (Fsp3) is 0.300. The van der Waals surface area contributed by atoms with Crippen LogP contribution in [0, 0.1) is 0 Å². The van der Waals surface area contributed by atoms with Crippen molar-refractivity contribution >= 4 is 28.1 Å². The molecular formula is C20H20N2O3S. The molecule has 0 saturated carbocycles. The molecule has 134 valence electrons. The number of ether oxygens (including phenoxy) is 1. The van der Waals surface area contributed by atoms with E-state index in [-0.39, 0.29) is 17.6 Å². The zero-order valence-electron chi connectivity index (χ0n) is 14.3. The molecule has 0 bridgehead atoms. The fourth-order valence-corrected chi connectivity index (χ4v) is 4.12. The number of nitrogens with one attached hydrogen (secondary N) is 1. The summed E-state index contributed by atoms with van der Waals surface area (Å²) in [5, 5.41) is 2.77. The summed E-state index contributed by atoms with van der Waals surface area (Å²) in [6.07, 6.45) is 2.05. The van der Waals surface area contributed by atoms with Gasteiger partial charge in [-0.05, 0) is 30.4 Å². The molecular weight excluding hydrogens is 348 g/mol. The minimum absolute atomic E-state index is 0.0622. The van der Waals surface area contributed by atoms with Gasteiger partial charge in [0, 0.05) is 35.0 Å². The van der Waals surface area contributed by atoms with Crippen LogP contribution in [0.5, 0.6) is 0 Å². The van der Waals surface area contributed by atoms with Gasteiger partial charge in [0.1, 0.15) is 0 Å². The SMILES string of the molecule is O=C(c1cc(=O)[nH]c2ccccc12)N(Cc1cccs1)CC1CCCO1. The number of aromatic amines is 1. The lowest BCUT2D eigenvalue weighted by atomic mass is 10.1. The number of H-pyrrole nitrogens is 1. The number of hydrogen-bond donors (Lipinski definition) is 1. The number of para-hydroxylation sites is 1. The molecule has 26 heavy (non-hydrogen) atoms. The second-order valence-electron chi connectivity index (χ2n) is 6.49. The number of hydrogen-bond acceptors (Lipinski definition) is 4. The van der Waals surface area contributed by atoms with Gasteiger partial charge in [-0.3, -0.25) is 9.59 Å². The summed E-state index contributed by atoms with van der Waals surface area (Å²) in [5.74, 6) is -0.129. The predicted octanol–water partition coefficient (Wildman–Crippen LogP) is 3.41. The van der Waals surface area contributed by atoms with Crippen LogP contribution in [0.15, 0.2) is 52.6 Å². The topological polar surface area (TPSA) is 62.4 Å². The van der Waals surface area contributed by atoms with E-state index in [9.17, 15) is 9.59 Å². The summed E-state index contributed by atoms with van der Waals surface area (Å²) >= 11 is 1.63. The van der Waals surface area contributed by atoms with Crippen LogP contribution in [0.25, 0.3) is 10.9 Å². The van der Waals surface area contributed by atoms with Crippen molar-refractivity contribution in [3.63, 3.8) is 0 Å². The van der Waals surface area contributed by atoms with E-state index in [2.05, 4.69) is 4.98 Å². The summed E-state index contributed by atoms with van der Waals surface area (Å²) in [6, 6.07) is 12.8. The van der Waals surface area contributed by atoms with Crippen LogP contribution in [-0.4, -0.2) is 35.0 Å². The highest BCUT2D eigenvalue weighted by atomic mass is 32.1. The first-order valence-corrected chi connectivity index (χ1v) is 9.64. The van der Waals surface area contributed by atoms with Crippen molar-refractivity contribution < 1.29 is 9.53 Å². The van der Waals surface area contributed by atoms with Crippen molar-refractivity contribution in [3.8, 4) is 0 Å². The fourth-order valence-electron chi connectivity index (χ4n) is 3.40. The van der Waals surface area contributed by atoms with Gasteiger partial charge in [0.05, 0.1) is 18.2 Å². The molecule has 4 rings (SSSR count). The molecule has 1 aliphatic heterocycles. The molecule has 1 fully saturated rings. The van der Waals surface area contributed by atoms with E-state index < -0.39 is 0 Å². The zero-order chi connectivity index (χ0) is 17.9. The average molecular weight is 368 g/mol. The number of thiophene rings is 1. The molecule has 1 unspecified atom stereocenters. The standard InChI is InChI=1S/C20H20N2O3S/c23-19-11-17(16-7-1-2-8-18(16)21-19)20(24)22(12-14-5-3-9-25-14)13-15-6-4-10-26-15/h1-2,4,6-8,10-11,14H,3,5,9,12-13H2,(H,21,23). The third-order valence-corrected chi connectivity index (χ3v) is 5.50. The molecule has 1 N–H and O–H groups in total. The number of benzene rings is 1. The predicted molar refractivity (Wildman–Crippen MR) is 103 cm³/mol. The van der Waals surface area contributed by atoms with Gasteiger partial charge in [-0.1, -0.05) is 24.3 Å². The van der Waals surface area contributed by atoms with Crippen LogP contribution in [0.2, 0.25) is 0 Å². The first-order chi connectivity index (χ1) is 12.7. The second kappa shape index (κ2) is 7.43. The van der Waals surface area contributed by atoms with Crippen LogP contribution in [0.4, 0.5) is 0 Å². The lowest BCUT2D eigenvalue weighted by Gasteiger charge is -2.25. The normalized spacial score (nSPS) is 16.8. The zero-order valence-corrected chi connectivity index (χ0v) is 15.1. The van der Waals surface area contributed by atoms with Crippen molar-refractivity contribution in [1.29, 1.82) is 0 Å². The Bertz CT molecular complexity index is 959. The Morgan fingerprint density at radius 1 is 1.27 bits per heavy atom. The number of carbonyl (C=O) groups is 1. The van der Waals surface area contributed by atoms with Crippen molar-refractivity contribution in [2.45, 2.75) is 25.5 Å². The minimum atomic E-state index is -0.264. The van der Waals surface area contributed by atoms with Gasteiger partial charge in [0.15, 0.2) is 0 Å². The highest BCUT2D eigenvalue weighted by Gasteiger charge is 2.25. The Labute approximate surface area is 155 Å². The Morgan fingerprint density at radius 3 is 2.92 bits per heavy atom. The van der Waals surface area contributed by atoms with E-state index in [1.165, 1.54) is 6.07 Å². The maximum atomic E-state index is 13.3. The highest BCUT2D eigenvalue weighted by Crippen LogP contribution is 2.22. The number of pyridine rings is 1. The molecule has 5 nitrogen and oxygen atoms in total. The summed E-state index contributed by atoms with van der Waals surface area (Å²) in [4.78, 5) is 31.1. The third kappa shape index (κ3) is 3.57. The average Bonchev–Trinajstić information content (AvgIpc) is 3.34. The molecule has 1 aromatic carbocycles. The van der Waals surface area contributed by atoms with Gasteiger partial charge in [-0.25, -0.2) is 0 Å². The van der Waals surface area contributed by atoms with E-state index in [0.717, 1.165) is 29.7 Å². The number of nitrogens with zero attached hydrogens (tertiary/aromatic N) is 1.